The predicted octanol–water partition coefficient (Wildman–Crippen LogP) is -0.770. The minimum absolute atomic E-state index is 0.105. The number of anilines is 4. The van der Waals surface area contributed by atoms with Crippen molar-refractivity contribution in [3.63, 3.8) is 0 Å². The van der Waals surface area contributed by atoms with E-state index in [0.29, 0.717) is 50.9 Å². The van der Waals surface area contributed by atoms with Crippen molar-refractivity contribution in [2.75, 3.05) is 49.4 Å². The highest BCUT2D eigenvalue weighted by molar-refractivity contribution is 5.26. The number of nitrogen functional groups attached to an aromatic ring is 4. The van der Waals surface area contributed by atoms with Gasteiger partial charge < -0.3 is 32.4 Å². The van der Waals surface area contributed by atoms with Crippen molar-refractivity contribution in [1.29, 1.82) is 0 Å². The summed E-state index contributed by atoms with van der Waals surface area (Å²) in [6, 6.07) is 0. The standard InChI is InChI=1S/C15H26N10O2/c1-15(2,7-26-5-3-9-20-11(16)24-12(17)21-9)8-27-6-4-10-22-13(18)25-14(19)23-10/h3-8H2,1-2H3,(H4,16,17,20,21,24)(H4,18,19,22,23,25). The molecule has 148 valence electrons. The maximum absolute atomic E-state index is 5.70. The topological polar surface area (TPSA) is 200 Å². The minimum atomic E-state index is -0.172. The second-order valence-corrected chi connectivity index (χ2v) is 6.71. The Morgan fingerprint density at radius 1 is 0.630 bits per heavy atom. The van der Waals surface area contributed by atoms with Crippen molar-refractivity contribution in [1.82, 2.24) is 29.9 Å². The van der Waals surface area contributed by atoms with Crippen LogP contribution in [-0.2, 0) is 22.3 Å². The second-order valence-electron chi connectivity index (χ2n) is 6.71. The Bertz CT molecular complexity index is 653. The van der Waals surface area contributed by atoms with Crippen LogP contribution in [0.2, 0.25) is 0 Å². The second kappa shape index (κ2) is 9.19. The quantitative estimate of drug-likeness (QED) is 0.377. The average molecular weight is 378 g/mol. The number of rotatable bonds is 10. The van der Waals surface area contributed by atoms with E-state index in [-0.39, 0.29) is 29.2 Å². The van der Waals surface area contributed by atoms with Gasteiger partial charge in [0, 0.05) is 18.3 Å². The SMILES string of the molecule is CC(C)(COCCc1nc(N)nc(N)n1)COCCc1nc(N)nc(N)n1. The van der Waals surface area contributed by atoms with Gasteiger partial charge >= 0.3 is 0 Å². The fraction of sp³-hybridized carbons (Fsp3) is 0.600. The van der Waals surface area contributed by atoms with E-state index in [0.717, 1.165) is 0 Å². The highest BCUT2D eigenvalue weighted by atomic mass is 16.5. The Balaban J connectivity index is 1.65. The van der Waals surface area contributed by atoms with Gasteiger partial charge in [-0.15, -0.1) is 0 Å². The molecule has 0 aliphatic rings. The van der Waals surface area contributed by atoms with Gasteiger partial charge in [-0.3, -0.25) is 0 Å². The molecule has 2 aromatic heterocycles. The average Bonchev–Trinajstić information content (AvgIpc) is 2.54. The van der Waals surface area contributed by atoms with E-state index in [9.17, 15) is 0 Å². The van der Waals surface area contributed by atoms with Gasteiger partial charge in [0.1, 0.15) is 11.6 Å². The van der Waals surface area contributed by atoms with Gasteiger partial charge in [-0.05, 0) is 0 Å². The zero-order valence-corrected chi connectivity index (χ0v) is 15.6. The normalized spacial score (nSPS) is 11.6. The summed E-state index contributed by atoms with van der Waals surface area (Å²) in [7, 11) is 0. The van der Waals surface area contributed by atoms with Crippen molar-refractivity contribution in [2.45, 2.75) is 26.7 Å². The van der Waals surface area contributed by atoms with Gasteiger partial charge in [0.25, 0.3) is 0 Å². The zero-order valence-electron chi connectivity index (χ0n) is 15.6. The molecule has 8 N–H and O–H groups in total. The number of nitrogens with zero attached hydrogens (tertiary/aromatic N) is 6. The summed E-state index contributed by atoms with van der Waals surface area (Å²) in [5.74, 6) is 1.43. The molecule has 2 rings (SSSR count). The molecule has 0 fully saturated rings. The van der Waals surface area contributed by atoms with Gasteiger partial charge in [-0.1, -0.05) is 13.8 Å². The Kier molecular flexibility index (Phi) is 6.96. The van der Waals surface area contributed by atoms with Crippen LogP contribution in [0.1, 0.15) is 25.5 Å². The molecule has 0 amide bonds. The van der Waals surface area contributed by atoms with E-state index in [1.165, 1.54) is 0 Å². The van der Waals surface area contributed by atoms with Crippen molar-refractivity contribution in [3.05, 3.63) is 11.6 Å². The first-order chi connectivity index (χ1) is 12.7. The first kappa shape index (κ1) is 20.5. The van der Waals surface area contributed by atoms with Gasteiger partial charge in [0.15, 0.2) is 0 Å². The molecule has 0 radical (unpaired) electrons. The van der Waals surface area contributed by atoms with Crippen LogP contribution in [0.3, 0.4) is 0 Å². The number of hydrogen-bond acceptors (Lipinski definition) is 12. The van der Waals surface area contributed by atoms with E-state index in [2.05, 4.69) is 29.9 Å². The lowest BCUT2D eigenvalue weighted by Crippen LogP contribution is -2.27. The lowest BCUT2D eigenvalue weighted by Gasteiger charge is -2.24. The summed E-state index contributed by atoms with van der Waals surface area (Å²) in [5.41, 5.74) is 22.0. The van der Waals surface area contributed by atoms with Crippen molar-refractivity contribution >= 4 is 23.8 Å². The molecule has 0 saturated carbocycles. The van der Waals surface area contributed by atoms with Crippen LogP contribution in [-0.4, -0.2) is 56.3 Å². The highest BCUT2D eigenvalue weighted by Crippen LogP contribution is 2.16. The monoisotopic (exact) mass is 378 g/mol. The fourth-order valence-electron chi connectivity index (χ4n) is 2.20. The van der Waals surface area contributed by atoms with E-state index < -0.39 is 0 Å². The lowest BCUT2D eigenvalue weighted by atomic mass is 9.96. The van der Waals surface area contributed by atoms with Crippen molar-refractivity contribution in [2.24, 2.45) is 5.41 Å². The molecule has 0 aromatic carbocycles. The Labute approximate surface area is 157 Å². The van der Waals surface area contributed by atoms with E-state index >= 15 is 0 Å². The van der Waals surface area contributed by atoms with E-state index in [4.69, 9.17) is 32.4 Å². The molecular formula is C15H26N10O2. The summed E-state index contributed by atoms with van der Waals surface area (Å²) in [5, 5.41) is 0. The molecule has 27 heavy (non-hydrogen) atoms. The van der Waals surface area contributed by atoms with Crippen LogP contribution >= 0.6 is 0 Å². The molecule has 0 aliphatic heterocycles. The molecule has 0 aliphatic carbocycles. The zero-order chi connectivity index (χ0) is 19.9. The molecule has 2 aromatic rings. The van der Waals surface area contributed by atoms with Crippen molar-refractivity contribution in [3.8, 4) is 0 Å². The summed E-state index contributed by atoms with van der Waals surface area (Å²) < 4.78 is 11.4. The first-order valence-electron chi connectivity index (χ1n) is 8.41. The van der Waals surface area contributed by atoms with E-state index in [1.807, 2.05) is 13.8 Å². The Morgan fingerprint density at radius 3 is 1.30 bits per heavy atom. The molecule has 0 unspecified atom stereocenters. The maximum Gasteiger partial charge on any atom is 0.225 e. The van der Waals surface area contributed by atoms with Gasteiger partial charge in [-0.2, -0.15) is 29.9 Å². The number of ether oxygens (including phenoxy) is 2. The van der Waals surface area contributed by atoms with Crippen LogP contribution in [0.5, 0.6) is 0 Å². The molecule has 12 heteroatoms. The molecule has 12 nitrogen and oxygen atoms in total. The third-order valence-electron chi connectivity index (χ3n) is 3.36. The number of nitrogens with two attached hydrogens (primary N) is 4. The lowest BCUT2D eigenvalue weighted by molar-refractivity contribution is -0.00230. The number of hydrogen-bond donors (Lipinski definition) is 4. The Morgan fingerprint density at radius 2 is 0.963 bits per heavy atom. The van der Waals surface area contributed by atoms with Gasteiger partial charge in [0.2, 0.25) is 23.8 Å². The van der Waals surface area contributed by atoms with E-state index in [1.54, 1.807) is 0 Å². The molecule has 2 heterocycles. The van der Waals surface area contributed by atoms with Crippen LogP contribution in [0.25, 0.3) is 0 Å². The molecule has 0 bridgehead atoms. The van der Waals surface area contributed by atoms with Crippen molar-refractivity contribution < 1.29 is 9.47 Å². The molecule has 0 spiro atoms. The molecule has 0 atom stereocenters. The first-order valence-corrected chi connectivity index (χ1v) is 8.41. The van der Waals surface area contributed by atoms with Crippen LogP contribution in [0.15, 0.2) is 0 Å². The van der Waals surface area contributed by atoms with Gasteiger partial charge in [0.05, 0.1) is 26.4 Å². The van der Waals surface area contributed by atoms with Crippen LogP contribution in [0, 0.1) is 5.41 Å². The fourth-order valence-corrected chi connectivity index (χ4v) is 2.20. The minimum Gasteiger partial charge on any atom is -0.380 e. The summed E-state index contributed by atoms with van der Waals surface area (Å²) in [6.07, 6.45) is 0.992. The summed E-state index contributed by atoms with van der Waals surface area (Å²) in [6.45, 7) is 5.99. The smallest absolute Gasteiger partial charge is 0.225 e. The highest BCUT2D eigenvalue weighted by Gasteiger charge is 2.19. The summed E-state index contributed by atoms with van der Waals surface area (Å²) in [4.78, 5) is 23.5. The predicted molar refractivity (Wildman–Crippen MR) is 100 cm³/mol. The molecular weight excluding hydrogens is 352 g/mol. The summed E-state index contributed by atoms with van der Waals surface area (Å²) >= 11 is 0. The van der Waals surface area contributed by atoms with Crippen LogP contribution < -0.4 is 22.9 Å². The molecule has 0 saturated heterocycles. The third kappa shape index (κ3) is 7.50. The Hall–Kier alpha value is -2.86. The maximum atomic E-state index is 5.70. The van der Waals surface area contributed by atoms with Gasteiger partial charge in [-0.25, -0.2) is 0 Å². The van der Waals surface area contributed by atoms with Crippen LogP contribution in [0.4, 0.5) is 23.8 Å². The third-order valence-corrected chi connectivity index (χ3v) is 3.36. The number of aromatic nitrogens is 6. The largest absolute Gasteiger partial charge is 0.380 e.